The highest BCUT2D eigenvalue weighted by Crippen LogP contribution is 2.20. The van der Waals surface area contributed by atoms with E-state index in [9.17, 15) is 0 Å². The predicted molar refractivity (Wildman–Crippen MR) is 76.0 cm³/mol. The van der Waals surface area contributed by atoms with E-state index in [4.69, 9.17) is 21.1 Å². The fourth-order valence-corrected chi connectivity index (χ4v) is 1.79. The Morgan fingerprint density at radius 3 is 2.42 bits per heavy atom. The Hall–Kier alpha value is -1.74. The van der Waals surface area contributed by atoms with Crippen molar-refractivity contribution >= 4 is 11.6 Å². The molecule has 1 heterocycles. The SMILES string of the molecule is Cc1ccccc1OCCCOc1cccnc1Cl. The fourth-order valence-electron chi connectivity index (χ4n) is 1.62. The number of benzene rings is 1. The highest BCUT2D eigenvalue weighted by molar-refractivity contribution is 6.30. The zero-order chi connectivity index (χ0) is 13.5. The van der Waals surface area contributed by atoms with Gasteiger partial charge in [-0.1, -0.05) is 29.8 Å². The Morgan fingerprint density at radius 1 is 1.00 bits per heavy atom. The molecule has 0 atom stereocenters. The van der Waals surface area contributed by atoms with Crippen LogP contribution in [-0.4, -0.2) is 18.2 Å². The monoisotopic (exact) mass is 277 g/mol. The average Bonchev–Trinajstić information content (AvgIpc) is 2.42. The third kappa shape index (κ3) is 4.14. The van der Waals surface area contributed by atoms with Crippen molar-refractivity contribution in [3.05, 3.63) is 53.3 Å². The van der Waals surface area contributed by atoms with Gasteiger partial charge in [0.2, 0.25) is 0 Å². The summed E-state index contributed by atoms with van der Waals surface area (Å²) in [7, 11) is 0. The Labute approximate surface area is 118 Å². The number of aryl methyl sites for hydroxylation is 1. The largest absolute Gasteiger partial charge is 0.493 e. The van der Waals surface area contributed by atoms with Gasteiger partial charge in [-0.25, -0.2) is 4.98 Å². The number of para-hydroxylation sites is 1. The van der Waals surface area contributed by atoms with Crippen LogP contribution in [0.3, 0.4) is 0 Å². The van der Waals surface area contributed by atoms with Gasteiger partial charge in [0, 0.05) is 12.6 Å². The fraction of sp³-hybridized carbons (Fsp3) is 0.267. The standard InChI is InChI=1S/C15H16ClNO2/c1-12-6-2-3-7-13(12)18-10-5-11-19-14-8-4-9-17-15(14)16/h2-4,6-9H,5,10-11H2,1H3. The Morgan fingerprint density at radius 2 is 1.68 bits per heavy atom. The number of halogens is 1. The lowest BCUT2D eigenvalue weighted by atomic mass is 10.2. The molecule has 0 amide bonds. The summed E-state index contributed by atoms with van der Waals surface area (Å²) >= 11 is 5.89. The number of pyridine rings is 1. The van der Waals surface area contributed by atoms with Crippen LogP contribution in [-0.2, 0) is 0 Å². The number of hydrogen-bond donors (Lipinski definition) is 0. The van der Waals surface area contributed by atoms with Crippen molar-refractivity contribution < 1.29 is 9.47 Å². The minimum atomic E-state index is 0.391. The number of ether oxygens (including phenoxy) is 2. The van der Waals surface area contributed by atoms with Crippen molar-refractivity contribution in [2.75, 3.05) is 13.2 Å². The van der Waals surface area contributed by atoms with Gasteiger partial charge in [-0.2, -0.15) is 0 Å². The van der Waals surface area contributed by atoms with Gasteiger partial charge >= 0.3 is 0 Å². The maximum absolute atomic E-state index is 5.89. The molecule has 1 aromatic heterocycles. The lowest BCUT2D eigenvalue weighted by Gasteiger charge is -2.10. The first kappa shape index (κ1) is 13.7. The number of aromatic nitrogens is 1. The van der Waals surface area contributed by atoms with Crippen molar-refractivity contribution in [1.29, 1.82) is 0 Å². The molecule has 1 aromatic carbocycles. The number of nitrogens with zero attached hydrogens (tertiary/aromatic N) is 1. The van der Waals surface area contributed by atoms with Gasteiger partial charge in [-0.05, 0) is 30.7 Å². The molecule has 2 rings (SSSR count). The molecule has 19 heavy (non-hydrogen) atoms. The highest BCUT2D eigenvalue weighted by atomic mass is 35.5. The molecule has 0 aliphatic heterocycles. The zero-order valence-electron chi connectivity index (χ0n) is 10.8. The van der Waals surface area contributed by atoms with Gasteiger partial charge in [0.15, 0.2) is 10.9 Å². The molecule has 100 valence electrons. The minimum absolute atomic E-state index is 0.391. The van der Waals surface area contributed by atoms with Crippen LogP contribution in [0.1, 0.15) is 12.0 Å². The highest BCUT2D eigenvalue weighted by Gasteiger charge is 2.01. The van der Waals surface area contributed by atoms with Crippen LogP contribution >= 0.6 is 11.6 Å². The summed E-state index contributed by atoms with van der Waals surface area (Å²) in [6, 6.07) is 11.6. The summed E-state index contributed by atoms with van der Waals surface area (Å²) in [6.45, 7) is 3.20. The molecule has 0 N–H and O–H groups in total. The van der Waals surface area contributed by atoms with Gasteiger partial charge < -0.3 is 9.47 Å². The van der Waals surface area contributed by atoms with E-state index in [1.54, 1.807) is 18.3 Å². The first-order valence-corrected chi connectivity index (χ1v) is 6.57. The Bertz CT molecular complexity index is 484. The smallest absolute Gasteiger partial charge is 0.171 e. The van der Waals surface area contributed by atoms with Gasteiger partial charge in [0.25, 0.3) is 0 Å². The molecule has 0 saturated carbocycles. The van der Waals surface area contributed by atoms with Crippen LogP contribution in [0.25, 0.3) is 0 Å². The average molecular weight is 278 g/mol. The van der Waals surface area contributed by atoms with Crippen molar-refractivity contribution in [3.8, 4) is 11.5 Å². The predicted octanol–water partition coefficient (Wildman–Crippen LogP) is 3.89. The lowest BCUT2D eigenvalue weighted by Crippen LogP contribution is -2.06. The summed E-state index contributed by atoms with van der Waals surface area (Å²) in [6.07, 6.45) is 2.43. The molecule has 0 aliphatic carbocycles. The van der Waals surface area contributed by atoms with E-state index in [1.807, 2.05) is 31.2 Å². The summed E-state index contributed by atoms with van der Waals surface area (Å²) in [5, 5.41) is 0.391. The molecule has 3 nitrogen and oxygen atoms in total. The molecule has 0 aliphatic rings. The molecule has 0 radical (unpaired) electrons. The van der Waals surface area contributed by atoms with E-state index in [1.165, 1.54) is 0 Å². The zero-order valence-corrected chi connectivity index (χ0v) is 11.6. The Kier molecular flexibility index (Phi) is 5.04. The second-order valence-electron chi connectivity index (χ2n) is 4.11. The second kappa shape index (κ2) is 7.00. The molecular formula is C15H16ClNO2. The topological polar surface area (TPSA) is 31.4 Å². The molecule has 4 heteroatoms. The molecule has 0 unspecified atom stereocenters. The van der Waals surface area contributed by atoms with E-state index in [0.29, 0.717) is 24.1 Å². The van der Waals surface area contributed by atoms with Gasteiger partial charge in [-0.3, -0.25) is 0 Å². The Balaban J connectivity index is 1.71. The minimum Gasteiger partial charge on any atom is -0.493 e. The molecule has 0 bridgehead atoms. The number of hydrogen-bond acceptors (Lipinski definition) is 3. The molecule has 0 saturated heterocycles. The molecule has 0 fully saturated rings. The van der Waals surface area contributed by atoms with Crippen molar-refractivity contribution in [1.82, 2.24) is 4.98 Å². The van der Waals surface area contributed by atoms with Crippen LogP contribution in [0.2, 0.25) is 5.15 Å². The lowest BCUT2D eigenvalue weighted by molar-refractivity contribution is 0.246. The van der Waals surface area contributed by atoms with Crippen LogP contribution < -0.4 is 9.47 Å². The first-order valence-electron chi connectivity index (χ1n) is 6.19. The van der Waals surface area contributed by atoms with Crippen molar-refractivity contribution in [2.24, 2.45) is 0 Å². The number of rotatable bonds is 6. The van der Waals surface area contributed by atoms with Crippen molar-refractivity contribution in [2.45, 2.75) is 13.3 Å². The summed E-state index contributed by atoms with van der Waals surface area (Å²) < 4.78 is 11.2. The first-order chi connectivity index (χ1) is 9.27. The summed E-state index contributed by atoms with van der Waals surface area (Å²) in [4.78, 5) is 3.95. The van der Waals surface area contributed by atoms with Crippen molar-refractivity contribution in [3.63, 3.8) is 0 Å². The second-order valence-corrected chi connectivity index (χ2v) is 4.47. The molecular weight excluding hydrogens is 262 g/mol. The quantitative estimate of drug-likeness (QED) is 0.593. The van der Waals surface area contributed by atoms with E-state index in [0.717, 1.165) is 17.7 Å². The van der Waals surface area contributed by atoms with Gasteiger partial charge in [-0.15, -0.1) is 0 Å². The normalized spacial score (nSPS) is 10.2. The van der Waals surface area contributed by atoms with Crippen LogP contribution in [0, 0.1) is 6.92 Å². The maximum atomic E-state index is 5.89. The van der Waals surface area contributed by atoms with E-state index < -0.39 is 0 Å². The molecule has 0 spiro atoms. The van der Waals surface area contributed by atoms with E-state index in [-0.39, 0.29) is 0 Å². The summed E-state index contributed by atoms with van der Waals surface area (Å²) in [5.74, 6) is 1.53. The summed E-state index contributed by atoms with van der Waals surface area (Å²) in [5.41, 5.74) is 1.14. The van der Waals surface area contributed by atoms with Gasteiger partial charge in [0.05, 0.1) is 13.2 Å². The van der Waals surface area contributed by atoms with Crippen LogP contribution in [0.15, 0.2) is 42.6 Å². The maximum Gasteiger partial charge on any atom is 0.171 e. The van der Waals surface area contributed by atoms with E-state index in [2.05, 4.69) is 4.98 Å². The van der Waals surface area contributed by atoms with Gasteiger partial charge in [0.1, 0.15) is 5.75 Å². The molecule has 2 aromatic rings. The third-order valence-electron chi connectivity index (χ3n) is 2.62. The van der Waals surface area contributed by atoms with Crippen LogP contribution in [0.4, 0.5) is 0 Å². The van der Waals surface area contributed by atoms with Crippen LogP contribution in [0.5, 0.6) is 11.5 Å². The third-order valence-corrected chi connectivity index (χ3v) is 2.91. The van der Waals surface area contributed by atoms with E-state index >= 15 is 0 Å².